The Bertz CT molecular complexity index is 578. The molecule has 6 atom stereocenters. The van der Waals surface area contributed by atoms with Gasteiger partial charge in [-0.25, -0.2) is 4.79 Å². The maximum atomic E-state index is 12.2. The van der Waals surface area contributed by atoms with Crippen LogP contribution in [-0.2, 0) is 23.8 Å². The molecule has 0 radical (unpaired) electrons. The van der Waals surface area contributed by atoms with Crippen LogP contribution >= 0.6 is 0 Å². The van der Waals surface area contributed by atoms with E-state index in [0.717, 1.165) is 0 Å². The van der Waals surface area contributed by atoms with Crippen molar-refractivity contribution in [1.29, 1.82) is 0 Å². The van der Waals surface area contributed by atoms with E-state index in [9.17, 15) is 34.8 Å². The van der Waals surface area contributed by atoms with Crippen molar-refractivity contribution in [2.75, 3.05) is 19.8 Å². The second-order valence-electron chi connectivity index (χ2n) is 7.34. The number of aliphatic carboxylic acids is 1. The maximum absolute atomic E-state index is 12.2. The number of aliphatic hydroxyl groups excluding tert-OH is 4. The molecular weight excluding hydrogens is 396 g/mol. The highest BCUT2D eigenvalue weighted by molar-refractivity contribution is 5.88. The predicted molar refractivity (Wildman–Crippen MR) is 93.5 cm³/mol. The minimum atomic E-state index is -1.71. The maximum Gasteiger partial charge on any atom is 0.408 e. The van der Waals surface area contributed by atoms with Gasteiger partial charge in [-0.05, 0) is 20.8 Å². The van der Waals surface area contributed by atoms with Crippen molar-refractivity contribution < 1.29 is 54.1 Å². The van der Waals surface area contributed by atoms with Gasteiger partial charge in [0.25, 0.3) is 0 Å². The summed E-state index contributed by atoms with van der Waals surface area (Å²) in [5, 5.41) is 51.6. The van der Waals surface area contributed by atoms with E-state index in [-0.39, 0.29) is 0 Å². The van der Waals surface area contributed by atoms with Gasteiger partial charge in [0.05, 0.1) is 13.2 Å². The Labute approximate surface area is 166 Å². The number of aliphatic hydroxyl groups is 4. The van der Waals surface area contributed by atoms with E-state index in [4.69, 9.17) is 19.3 Å². The summed E-state index contributed by atoms with van der Waals surface area (Å²) in [5.41, 5.74) is -0.871. The summed E-state index contributed by atoms with van der Waals surface area (Å²) >= 11 is 0. The molecule has 1 rings (SSSR count). The van der Waals surface area contributed by atoms with Crippen LogP contribution in [0.4, 0.5) is 4.79 Å². The normalized spacial score (nSPS) is 28.3. The molecule has 0 unspecified atom stereocenters. The standard InChI is InChI=1S/C16H28N2O11/c1-16(2,3)29-15(26)18-7(13(25)17-4-9(20)21)6-27-14-12(24)11(23)10(22)8(5-19)28-14/h7-8,10-12,14,19,22-24H,4-6H2,1-3H3,(H,17,25)(H,18,26)(H,20,21)/t7-,8+,10-,11-,12+,14+/m0/s1. The van der Waals surface area contributed by atoms with Crippen molar-refractivity contribution in [2.24, 2.45) is 0 Å². The highest BCUT2D eigenvalue weighted by atomic mass is 16.7. The first-order valence-electron chi connectivity index (χ1n) is 8.77. The number of hydrogen-bond acceptors (Lipinski definition) is 10. The van der Waals surface area contributed by atoms with Crippen LogP contribution < -0.4 is 10.6 Å². The van der Waals surface area contributed by atoms with Gasteiger partial charge in [-0.2, -0.15) is 0 Å². The first-order valence-corrected chi connectivity index (χ1v) is 8.77. The van der Waals surface area contributed by atoms with Crippen molar-refractivity contribution in [2.45, 2.75) is 63.1 Å². The number of rotatable bonds is 8. The predicted octanol–water partition coefficient (Wildman–Crippen LogP) is -3.10. The zero-order valence-corrected chi connectivity index (χ0v) is 16.3. The van der Waals surface area contributed by atoms with Crippen LogP contribution in [0.1, 0.15) is 20.8 Å². The number of alkyl carbamates (subject to hydrolysis) is 1. The van der Waals surface area contributed by atoms with Gasteiger partial charge in [0.2, 0.25) is 5.91 Å². The number of amides is 2. The number of hydrogen-bond donors (Lipinski definition) is 7. The Morgan fingerprint density at radius 3 is 2.24 bits per heavy atom. The molecule has 0 saturated carbocycles. The van der Waals surface area contributed by atoms with Crippen LogP contribution in [0.15, 0.2) is 0 Å². The highest BCUT2D eigenvalue weighted by Gasteiger charge is 2.44. The second kappa shape index (κ2) is 10.7. The van der Waals surface area contributed by atoms with Gasteiger partial charge in [0.1, 0.15) is 42.6 Å². The Kier molecular flexibility index (Phi) is 9.19. The third kappa shape index (κ3) is 8.08. The minimum Gasteiger partial charge on any atom is -0.480 e. The molecule has 0 aromatic heterocycles. The molecule has 1 fully saturated rings. The van der Waals surface area contributed by atoms with Crippen LogP contribution in [-0.4, -0.2) is 106 Å². The van der Waals surface area contributed by atoms with Crippen LogP contribution in [0, 0.1) is 0 Å². The monoisotopic (exact) mass is 424 g/mol. The Hall–Kier alpha value is -2.03. The lowest BCUT2D eigenvalue weighted by atomic mass is 9.99. The van der Waals surface area contributed by atoms with Crippen LogP contribution in [0.2, 0.25) is 0 Å². The zero-order chi connectivity index (χ0) is 22.4. The number of carbonyl (C=O) groups is 3. The van der Waals surface area contributed by atoms with Crippen molar-refractivity contribution in [3.8, 4) is 0 Å². The first-order chi connectivity index (χ1) is 13.4. The lowest BCUT2D eigenvalue weighted by Gasteiger charge is -2.39. The fourth-order valence-corrected chi connectivity index (χ4v) is 2.31. The van der Waals surface area contributed by atoms with E-state index in [1.54, 1.807) is 20.8 Å². The molecule has 29 heavy (non-hydrogen) atoms. The quantitative estimate of drug-likeness (QED) is 0.208. The van der Waals surface area contributed by atoms with Gasteiger partial charge < -0.3 is 50.4 Å². The Balaban J connectivity index is 2.80. The van der Waals surface area contributed by atoms with Crippen molar-refractivity contribution in [3.63, 3.8) is 0 Å². The second-order valence-corrected chi connectivity index (χ2v) is 7.34. The molecule has 0 aliphatic carbocycles. The summed E-state index contributed by atoms with van der Waals surface area (Å²) in [5.74, 6) is -2.23. The Morgan fingerprint density at radius 2 is 1.72 bits per heavy atom. The summed E-state index contributed by atoms with van der Waals surface area (Å²) in [6, 6.07) is -1.43. The minimum absolute atomic E-state index is 0.604. The molecule has 1 aliphatic rings. The average Bonchev–Trinajstić information content (AvgIpc) is 2.61. The number of ether oxygens (including phenoxy) is 3. The summed E-state index contributed by atoms with van der Waals surface area (Å²) in [6.45, 7) is 2.78. The number of carboxylic acids is 1. The number of carbonyl (C=O) groups excluding carboxylic acids is 2. The number of carboxylic acid groups (broad SMARTS) is 1. The summed E-state index contributed by atoms with van der Waals surface area (Å²) in [7, 11) is 0. The summed E-state index contributed by atoms with van der Waals surface area (Å²) in [4.78, 5) is 34.8. The molecule has 13 heteroatoms. The van der Waals surface area contributed by atoms with E-state index in [2.05, 4.69) is 10.6 Å². The van der Waals surface area contributed by atoms with E-state index < -0.39 is 80.1 Å². The van der Waals surface area contributed by atoms with E-state index in [1.165, 1.54) is 0 Å². The SMILES string of the molecule is CC(C)(C)OC(=O)N[C@@H](CO[C@@H]1O[C@H](CO)[C@H](O)[C@H](O)[C@H]1O)C(=O)NCC(=O)O. The molecule has 1 heterocycles. The van der Waals surface area contributed by atoms with Gasteiger partial charge in [-0.15, -0.1) is 0 Å². The van der Waals surface area contributed by atoms with Crippen LogP contribution in [0.5, 0.6) is 0 Å². The molecule has 1 saturated heterocycles. The van der Waals surface area contributed by atoms with Gasteiger partial charge in [0, 0.05) is 0 Å². The molecule has 0 bridgehead atoms. The number of nitrogens with one attached hydrogen (secondary N) is 2. The first kappa shape index (κ1) is 25.0. The van der Waals surface area contributed by atoms with Crippen molar-refractivity contribution in [3.05, 3.63) is 0 Å². The largest absolute Gasteiger partial charge is 0.480 e. The molecule has 2 amide bonds. The van der Waals surface area contributed by atoms with Gasteiger partial charge >= 0.3 is 12.1 Å². The van der Waals surface area contributed by atoms with Crippen LogP contribution in [0.25, 0.3) is 0 Å². The average molecular weight is 424 g/mol. The molecule has 0 aromatic carbocycles. The molecule has 0 aromatic rings. The molecule has 0 spiro atoms. The van der Waals surface area contributed by atoms with E-state index in [1.807, 2.05) is 0 Å². The molecular formula is C16H28N2O11. The molecule has 168 valence electrons. The van der Waals surface area contributed by atoms with Gasteiger partial charge in [-0.1, -0.05) is 0 Å². The Morgan fingerprint density at radius 1 is 1.10 bits per heavy atom. The van der Waals surface area contributed by atoms with E-state index >= 15 is 0 Å². The third-order valence-electron chi connectivity index (χ3n) is 3.70. The topological polar surface area (TPSA) is 204 Å². The lowest BCUT2D eigenvalue weighted by molar-refractivity contribution is -0.301. The van der Waals surface area contributed by atoms with Crippen molar-refractivity contribution >= 4 is 18.0 Å². The highest BCUT2D eigenvalue weighted by Crippen LogP contribution is 2.22. The lowest BCUT2D eigenvalue weighted by Crippen LogP contribution is -2.60. The smallest absolute Gasteiger partial charge is 0.408 e. The summed E-state index contributed by atoms with van der Waals surface area (Å²) in [6.07, 6.45) is -8.74. The molecule has 13 nitrogen and oxygen atoms in total. The molecule has 1 aliphatic heterocycles. The van der Waals surface area contributed by atoms with Gasteiger partial charge in [0.15, 0.2) is 6.29 Å². The fourth-order valence-electron chi connectivity index (χ4n) is 2.31. The fraction of sp³-hybridized carbons (Fsp3) is 0.812. The summed E-state index contributed by atoms with van der Waals surface area (Å²) < 4.78 is 15.4. The van der Waals surface area contributed by atoms with Crippen LogP contribution in [0.3, 0.4) is 0 Å². The molecule has 7 N–H and O–H groups in total. The van der Waals surface area contributed by atoms with Gasteiger partial charge in [-0.3, -0.25) is 9.59 Å². The van der Waals surface area contributed by atoms with Crippen molar-refractivity contribution in [1.82, 2.24) is 10.6 Å². The van der Waals surface area contributed by atoms with E-state index in [0.29, 0.717) is 0 Å². The third-order valence-corrected chi connectivity index (χ3v) is 3.70. The zero-order valence-electron chi connectivity index (χ0n) is 16.3.